The van der Waals surface area contributed by atoms with Crippen molar-refractivity contribution in [3.8, 4) is 5.75 Å². The number of para-hydroxylation sites is 1. The average Bonchev–Trinajstić information content (AvgIpc) is 2.62. The Hall–Kier alpha value is -2.87. The Morgan fingerprint density at radius 3 is 2.69 bits per heavy atom. The van der Waals surface area contributed by atoms with E-state index in [4.69, 9.17) is 4.74 Å². The van der Waals surface area contributed by atoms with E-state index in [1.807, 2.05) is 31.2 Å². The molecule has 0 heterocycles. The molecule has 0 bridgehead atoms. The monoisotopic (exact) mass is 419 g/mol. The van der Waals surface area contributed by atoms with E-state index in [1.54, 1.807) is 18.2 Å². The fourth-order valence-corrected chi connectivity index (χ4v) is 2.45. The number of amides is 2. The first kappa shape index (κ1) is 19.5. The van der Waals surface area contributed by atoms with Crippen LogP contribution >= 0.6 is 15.9 Å². The summed E-state index contributed by atoms with van der Waals surface area (Å²) in [5, 5.41) is 6.62. The molecule has 0 saturated heterocycles. The van der Waals surface area contributed by atoms with Gasteiger partial charge < -0.3 is 14.8 Å². The lowest BCUT2D eigenvalue weighted by Gasteiger charge is -2.08. The van der Waals surface area contributed by atoms with Gasteiger partial charge in [0, 0.05) is 5.69 Å². The molecule has 2 rings (SSSR count). The van der Waals surface area contributed by atoms with Crippen LogP contribution < -0.4 is 15.5 Å². The number of methoxy groups -OCH3 is 1. The van der Waals surface area contributed by atoms with Gasteiger partial charge in [0.1, 0.15) is 5.75 Å². The van der Waals surface area contributed by atoms with E-state index < -0.39 is 12.0 Å². The van der Waals surface area contributed by atoms with Crippen molar-refractivity contribution in [1.82, 2.24) is 5.43 Å². The number of rotatable bonds is 6. The van der Waals surface area contributed by atoms with Crippen LogP contribution in [0.2, 0.25) is 0 Å². The molecule has 7 nitrogen and oxygen atoms in total. The van der Waals surface area contributed by atoms with Gasteiger partial charge in [-0.25, -0.2) is 15.0 Å². The molecule has 0 aliphatic heterocycles. The SMILES string of the molecule is COC(=O)COc1ccc(C=NNC(=O)Nc2ccccc2C)cc1Br. The van der Waals surface area contributed by atoms with E-state index in [1.165, 1.54) is 13.3 Å². The number of halogens is 1. The largest absolute Gasteiger partial charge is 0.481 e. The molecule has 0 aromatic heterocycles. The van der Waals surface area contributed by atoms with Crippen molar-refractivity contribution in [2.24, 2.45) is 5.10 Å². The van der Waals surface area contributed by atoms with Crippen LogP contribution in [0.4, 0.5) is 10.5 Å². The molecule has 8 heteroatoms. The molecule has 2 amide bonds. The lowest BCUT2D eigenvalue weighted by Crippen LogP contribution is -2.24. The number of nitrogens with one attached hydrogen (secondary N) is 2. The molecule has 2 N–H and O–H groups in total. The minimum atomic E-state index is -0.466. The highest BCUT2D eigenvalue weighted by Gasteiger charge is 2.06. The van der Waals surface area contributed by atoms with Gasteiger partial charge in [-0.1, -0.05) is 18.2 Å². The first-order chi connectivity index (χ1) is 12.5. The minimum absolute atomic E-state index is 0.177. The van der Waals surface area contributed by atoms with E-state index in [-0.39, 0.29) is 6.61 Å². The van der Waals surface area contributed by atoms with Gasteiger partial charge in [-0.2, -0.15) is 5.10 Å². The molecule has 26 heavy (non-hydrogen) atoms. The van der Waals surface area contributed by atoms with Crippen molar-refractivity contribution in [3.63, 3.8) is 0 Å². The first-order valence-electron chi connectivity index (χ1n) is 7.64. The number of esters is 1. The van der Waals surface area contributed by atoms with Crippen molar-refractivity contribution in [3.05, 3.63) is 58.1 Å². The molecular formula is C18H18BrN3O4. The maximum Gasteiger partial charge on any atom is 0.343 e. The number of hydrazone groups is 1. The van der Waals surface area contributed by atoms with Crippen molar-refractivity contribution in [1.29, 1.82) is 0 Å². The Kier molecular flexibility index (Phi) is 7.16. The van der Waals surface area contributed by atoms with E-state index >= 15 is 0 Å². The summed E-state index contributed by atoms with van der Waals surface area (Å²) in [6.45, 7) is 1.73. The summed E-state index contributed by atoms with van der Waals surface area (Å²) < 4.78 is 10.5. The zero-order valence-corrected chi connectivity index (χ0v) is 15.9. The van der Waals surface area contributed by atoms with Gasteiger partial charge in [-0.05, 0) is 58.2 Å². The van der Waals surface area contributed by atoms with E-state index in [0.717, 1.165) is 16.8 Å². The standard InChI is InChI=1S/C18H18BrN3O4/c1-12-5-3-4-6-15(12)21-18(24)22-20-10-13-7-8-16(14(19)9-13)26-11-17(23)25-2/h3-10H,11H2,1-2H3,(H2,21,22,24). The van der Waals surface area contributed by atoms with Crippen molar-refractivity contribution in [2.45, 2.75) is 6.92 Å². The number of benzene rings is 2. The highest BCUT2D eigenvalue weighted by molar-refractivity contribution is 9.10. The Labute approximate surface area is 159 Å². The molecular weight excluding hydrogens is 402 g/mol. The minimum Gasteiger partial charge on any atom is -0.481 e. The Balaban J connectivity index is 1.89. The van der Waals surface area contributed by atoms with Crippen LogP contribution in [-0.4, -0.2) is 31.9 Å². The van der Waals surface area contributed by atoms with Crippen LogP contribution in [0.25, 0.3) is 0 Å². The van der Waals surface area contributed by atoms with Gasteiger partial charge in [0.15, 0.2) is 6.61 Å². The topological polar surface area (TPSA) is 89.0 Å². The lowest BCUT2D eigenvalue weighted by molar-refractivity contribution is -0.142. The molecule has 0 aliphatic carbocycles. The summed E-state index contributed by atoms with van der Waals surface area (Å²) in [6, 6.07) is 12.2. The Bertz CT molecular complexity index is 824. The predicted octanol–water partition coefficient (Wildman–Crippen LogP) is 3.46. The van der Waals surface area contributed by atoms with Crippen LogP contribution in [0.3, 0.4) is 0 Å². The maximum absolute atomic E-state index is 11.8. The van der Waals surface area contributed by atoms with Gasteiger partial charge in [0.2, 0.25) is 0 Å². The van der Waals surface area contributed by atoms with Crippen LogP contribution in [0.1, 0.15) is 11.1 Å². The molecule has 0 fully saturated rings. The van der Waals surface area contributed by atoms with Gasteiger partial charge in [0.25, 0.3) is 0 Å². The van der Waals surface area contributed by atoms with Gasteiger partial charge in [0.05, 0.1) is 17.8 Å². The molecule has 0 atom stereocenters. The molecule has 2 aromatic rings. The van der Waals surface area contributed by atoms with E-state index in [9.17, 15) is 9.59 Å². The molecule has 2 aromatic carbocycles. The van der Waals surface area contributed by atoms with E-state index in [2.05, 4.69) is 36.5 Å². The number of hydrogen-bond acceptors (Lipinski definition) is 5. The quantitative estimate of drug-likeness (QED) is 0.426. The van der Waals surface area contributed by atoms with Crippen LogP contribution in [-0.2, 0) is 9.53 Å². The third-order valence-corrected chi connectivity index (χ3v) is 3.92. The van der Waals surface area contributed by atoms with Gasteiger partial charge in [-0.3, -0.25) is 0 Å². The highest BCUT2D eigenvalue weighted by atomic mass is 79.9. The van der Waals surface area contributed by atoms with Crippen LogP contribution in [0.5, 0.6) is 5.75 Å². The molecule has 0 radical (unpaired) electrons. The first-order valence-corrected chi connectivity index (χ1v) is 8.43. The average molecular weight is 420 g/mol. The van der Waals surface area contributed by atoms with Crippen molar-refractivity contribution >= 4 is 39.8 Å². The summed E-state index contributed by atoms with van der Waals surface area (Å²) in [5.74, 6) is 0.0317. The van der Waals surface area contributed by atoms with E-state index in [0.29, 0.717) is 10.2 Å². The Morgan fingerprint density at radius 2 is 2.00 bits per heavy atom. The smallest absolute Gasteiger partial charge is 0.343 e. The second-order valence-corrected chi connectivity index (χ2v) is 6.05. The van der Waals surface area contributed by atoms with Crippen LogP contribution in [0, 0.1) is 6.92 Å². The number of anilines is 1. The molecule has 0 spiro atoms. The van der Waals surface area contributed by atoms with Crippen molar-refractivity contribution < 1.29 is 19.1 Å². The van der Waals surface area contributed by atoms with Gasteiger partial charge >= 0.3 is 12.0 Å². The normalized spacial score (nSPS) is 10.4. The zero-order valence-electron chi connectivity index (χ0n) is 14.3. The van der Waals surface area contributed by atoms with Gasteiger partial charge in [-0.15, -0.1) is 0 Å². The van der Waals surface area contributed by atoms with Crippen LogP contribution in [0.15, 0.2) is 52.0 Å². The molecule has 0 aliphatic rings. The lowest BCUT2D eigenvalue weighted by atomic mass is 10.2. The number of aryl methyl sites for hydroxylation is 1. The fourth-order valence-electron chi connectivity index (χ4n) is 1.94. The zero-order chi connectivity index (χ0) is 18.9. The second-order valence-electron chi connectivity index (χ2n) is 5.19. The Morgan fingerprint density at radius 1 is 1.23 bits per heavy atom. The number of carbonyl (C=O) groups excluding carboxylic acids is 2. The predicted molar refractivity (Wildman–Crippen MR) is 103 cm³/mol. The molecule has 0 saturated carbocycles. The summed E-state index contributed by atoms with van der Waals surface area (Å²) in [5.41, 5.74) is 4.81. The maximum atomic E-state index is 11.8. The number of nitrogens with zero attached hydrogens (tertiary/aromatic N) is 1. The third kappa shape index (κ3) is 5.89. The number of carbonyl (C=O) groups is 2. The number of ether oxygens (including phenoxy) is 2. The highest BCUT2D eigenvalue weighted by Crippen LogP contribution is 2.25. The second kappa shape index (κ2) is 9.57. The molecule has 136 valence electrons. The summed E-state index contributed by atoms with van der Waals surface area (Å²) in [4.78, 5) is 22.9. The fraction of sp³-hybridized carbons (Fsp3) is 0.167. The number of hydrogen-bond donors (Lipinski definition) is 2. The summed E-state index contributed by atoms with van der Waals surface area (Å²) >= 11 is 3.35. The number of urea groups is 1. The molecule has 0 unspecified atom stereocenters. The third-order valence-electron chi connectivity index (χ3n) is 3.30. The summed E-state index contributed by atoms with van der Waals surface area (Å²) in [6.07, 6.45) is 1.49. The summed E-state index contributed by atoms with van der Waals surface area (Å²) in [7, 11) is 1.29. The van der Waals surface area contributed by atoms with Crippen molar-refractivity contribution in [2.75, 3.05) is 19.0 Å².